The van der Waals surface area contributed by atoms with Gasteiger partial charge >= 0.3 is 0 Å². The molecule has 0 spiro atoms. The molecule has 2 rings (SSSR count). The molecule has 0 unspecified atom stereocenters. The molecule has 1 aromatic heterocycles. The SMILES string of the molecule is N#Cc1cnc(Oc2ccc(C#N)cc2F)c(N)c1. The summed E-state index contributed by atoms with van der Waals surface area (Å²) in [4.78, 5) is 3.83. The van der Waals surface area contributed by atoms with Crippen LogP contribution in [-0.4, -0.2) is 4.98 Å². The first-order valence-electron chi connectivity index (χ1n) is 5.17. The van der Waals surface area contributed by atoms with E-state index in [1.54, 1.807) is 0 Å². The lowest BCUT2D eigenvalue weighted by molar-refractivity contribution is 0.429. The van der Waals surface area contributed by atoms with Crippen molar-refractivity contribution < 1.29 is 9.13 Å². The number of anilines is 1. The Balaban J connectivity index is 2.32. The summed E-state index contributed by atoms with van der Waals surface area (Å²) >= 11 is 0. The number of nitriles is 2. The minimum atomic E-state index is -0.690. The second kappa shape index (κ2) is 5.03. The van der Waals surface area contributed by atoms with Gasteiger partial charge in [0.2, 0.25) is 5.88 Å². The Morgan fingerprint density at radius 1 is 1.16 bits per heavy atom. The summed E-state index contributed by atoms with van der Waals surface area (Å²) in [5.41, 5.74) is 6.23. The van der Waals surface area contributed by atoms with Crippen LogP contribution in [0.1, 0.15) is 11.1 Å². The van der Waals surface area contributed by atoms with Crippen molar-refractivity contribution in [1.82, 2.24) is 4.98 Å². The van der Waals surface area contributed by atoms with E-state index < -0.39 is 5.82 Å². The predicted molar refractivity (Wildman–Crippen MR) is 64.6 cm³/mol. The van der Waals surface area contributed by atoms with Gasteiger partial charge in [0.1, 0.15) is 6.07 Å². The lowest BCUT2D eigenvalue weighted by Gasteiger charge is -2.08. The summed E-state index contributed by atoms with van der Waals surface area (Å²) < 4.78 is 18.8. The van der Waals surface area contributed by atoms with Crippen molar-refractivity contribution in [3.05, 3.63) is 47.4 Å². The van der Waals surface area contributed by atoms with E-state index >= 15 is 0 Å². The standard InChI is InChI=1S/C13H7FN4O/c14-10-3-8(5-15)1-2-12(10)19-13-11(17)4-9(6-16)7-18-13/h1-4,7H,17H2. The highest BCUT2D eigenvalue weighted by Crippen LogP contribution is 2.27. The van der Waals surface area contributed by atoms with Gasteiger partial charge in [-0.05, 0) is 24.3 Å². The first-order valence-corrected chi connectivity index (χ1v) is 5.17. The second-order valence-corrected chi connectivity index (χ2v) is 3.59. The molecule has 0 aliphatic rings. The van der Waals surface area contributed by atoms with E-state index in [1.165, 1.54) is 24.4 Å². The minimum Gasteiger partial charge on any atom is -0.434 e. The van der Waals surface area contributed by atoms with Gasteiger partial charge in [-0.2, -0.15) is 10.5 Å². The van der Waals surface area contributed by atoms with E-state index in [4.69, 9.17) is 21.0 Å². The summed E-state index contributed by atoms with van der Waals surface area (Å²) in [5, 5.41) is 17.3. The second-order valence-electron chi connectivity index (χ2n) is 3.59. The lowest BCUT2D eigenvalue weighted by atomic mass is 10.2. The van der Waals surface area contributed by atoms with Gasteiger partial charge in [0.05, 0.1) is 22.9 Å². The van der Waals surface area contributed by atoms with Gasteiger partial charge < -0.3 is 10.5 Å². The van der Waals surface area contributed by atoms with Crippen molar-refractivity contribution in [1.29, 1.82) is 10.5 Å². The number of ether oxygens (including phenoxy) is 1. The zero-order valence-electron chi connectivity index (χ0n) is 9.59. The molecule has 0 atom stereocenters. The largest absolute Gasteiger partial charge is 0.434 e. The molecule has 0 bridgehead atoms. The molecule has 19 heavy (non-hydrogen) atoms. The van der Waals surface area contributed by atoms with Crippen LogP contribution in [0.2, 0.25) is 0 Å². The fourth-order valence-corrected chi connectivity index (χ4v) is 1.37. The van der Waals surface area contributed by atoms with Crippen LogP contribution in [0, 0.1) is 28.5 Å². The molecule has 0 aliphatic heterocycles. The molecular formula is C13H7FN4O. The fraction of sp³-hybridized carbons (Fsp3) is 0. The molecule has 1 aromatic carbocycles. The van der Waals surface area contributed by atoms with E-state index in [1.807, 2.05) is 12.1 Å². The van der Waals surface area contributed by atoms with Crippen LogP contribution in [0.15, 0.2) is 30.5 Å². The third-order valence-electron chi connectivity index (χ3n) is 2.28. The molecule has 92 valence electrons. The third kappa shape index (κ3) is 2.59. The van der Waals surface area contributed by atoms with Crippen LogP contribution >= 0.6 is 0 Å². The van der Waals surface area contributed by atoms with E-state index in [9.17, 15) is 4.39 Å². The maximum absolute atomic E-state index is 13.6. The van der Waals surface area contributed by atoms with E-state index in [2.05, 4.69) is 4.98 Å². The average molecular weight is 254 g/mol. The molecule has 0 amide bonds. The predicted octanol–water partition coefficient (Wildman–Crippen LogP) is 2.34. The zero-order chi connectivity index (χ0) is 13.8. The zero-order valence-corrected chi connectivity index (χ0v) is 9.59. The van der Waals surface area contributed by atoms with Gasteiger partial charge in [0, 0.05) is 6.20 Å². The Bertz CT molecular complexity index is 654. The van der Waals surface area contributed by atoms with Crippen LogP contribution in [0.3, 0.4) is 0 Å². The third-order valence-corrected chi connectivity index (χ3v) is 2.28. The number of benzene rings is 1. The summed E-state index contributed by atoms with van der Waals surface area (Å²) in [6.07, 6.45) is 1.27. The van der Waals surface area contributed by atoms with Crippen LogP contribution < -0.4 is 10.5 Å². The fourth-order valence-electron chi connectivity index (χ4n) is 1.37. The van der Waals surface area contributed by atoms with Crippen molar-refractivity contribution in [3.8, 4) is 23.8 Å². The van der Waals surface area contributed by atoms with E-state index in [0.29, 0.717) is 0 Å². The molecule has 1 heterocycles. The van der Waals surface area contributed by atoms with Crippen molar-refractivity contribution in [3.63, 3.8) is 0 Å². The number of hydrogen-bond donors (Lipinski definition) is 1. The summed E-state index contributed by atoms with van der Waals surface area (Å²) in [6.45, 7) is 0. The smallest absolute Gasteiger partial charge is 0.242 e. The van der Waals surface area contributed by atoms with Gasteiger partial charge in [-0.1, -0.05) is 0 Å². The van der Waals surface area contributed by atoms with Gasteiger partial charge in [0.25, 0.3) is 0 Å². The molecule has 2 N–H and O–H groups in total. The van der Waals surface area contributed by atoms with Gasteiger partial charge in [-0.15, -0.1) is 0 Å². The highest BCUT2D eigenvalue weighted by molar-refractivity contribution is 5.53. The van der Waals surface area contributed by atoms with E-state index in [0.717, 1.165) is 6.07 Å². The normalized spacial score (nSPS) is 9.42. The van der Waals surface area contributed by atoms with Crippen LogP contribution in [0.4, 0.5) is 10.1 Å². The van der Waals surface area contributed by atoms with E-state index in [-0.39, 0.29) is 28.4 Å². The Morgan fingerprint density at radius 3 is 2.47 bits per heavy atom. The number of aromatic nitrogens is 1. The molecule has 5 nitrogen and oxygen atoms in total. The first kappa shape index (κ1) is 12.3. The lowest BCUT2D eigenvalue weighted by Crippen LogP contribution is -1.97. The monoisotopic (exact) mass is 254 g/mol. The van der Waals surface area contributed by atoms with Gasteiger partial charge in [0.15, 0.2) is 11.6 Å². The van der Waals surface area contributed by atoms with Crippen molar-refractivity contribution in [2.75, 3.05) is 5.73 Å². The van der Waals surface area contributed by atoms with Gasteiger partial charge in [-0.25, -0.2) is 9.37 Å². The maximum atomic E-state index is 13.6. The molecule has 2 aromatic rings. The van der Waals surface area contributed by atoms with Gasteiger partial charge in [-0.3, -0.25) is 0 Å². The number of nitrogen functional groups attached to an aromatic ring is 1. The quantitative estimate of drug-likeness (QED) is 0.887. The number of nitrogens with two attached hydrogens (primary N) is 1. The van der Waals surface area contributed by atoms with Crippen molar-refractivity contribution in [2.24, 2.45) is 0 Å². The molecule has 0 saturated carbocycles. The summed E-state index contributed by atoms with van der Waals surface area (Å²) in [5.74, 6) is -0.782. The van der Waals surface area contributed by atoms with Crippen LogP contribution in [0.5, 0.6) is 11.6 Å². The van der Waals surface area contributed by atoms with Crippen LogP contribution in [-0.2, 0) is 0 Å². The van der Waals surface area contributed by atoms with Crippen molar-refractivity contribution >= 4 is 5.69 Å². The Labute approximate surface area is 108 Å². The van der Waals surface area contributed by atoms with Crippen LogP contribution in [0.25, 0.3) is 0 Å². The molecule has 6 heteroatoms. The number of rotatable bonds is 2. The number of nitrogens with zero attached hydrogens (tertiary/aromatic N) is 3. The highest BCUT2D eigenvalue weighted by Gasteiger charge is 2.10. The topological polar surface area (TPSA) is 95.7 Å². The Morgan fingerprint density at radius 2 is 1.89 bits per heavy atom. The first-order chi connectivity index (χ1) is 9.13. The molecular weight excluding hydrogens is 247 g/mol. The minimum absolute atomic E-state index is 0.00241. The number of hydrogen-bond acceptors (Lipinski definition) is 5. The molecule has 0 fully saturated rings. The number of halogens is 1. The molecule has 0 aliphatic carbocycles. The average Bonchev–Trinajstić information content (AvgIpc) is 2.42. The van der Waals surface area contributed by atoms with Crippen molar-refractivity contribution in [2.45, 2.75) is 0 Å². The molecule has 0 radical (unpaired) electrons. The summed E-state index contributed by atoms with van der Waals surface area (Å²) in [6, 6.07) is 8.85. The Hall–Kier alpha value is -3.12. The highest BCUT2D eigenvalue weighted by atomic mass is 19.1. The maximum Gasteiger partial charge on any atom is 0.242 e. The Kier molecular flexibility index (Phi) is 3.26. The number of pyridine rings is 1. The summed E-state index contributed by atoms with van der Waals surface area (Å²) in [7, 11) is 0. The molecule has 0 saturated heterocycles.